The Bertz CT molecular complexity index is 986. The summed E-state index contributed by atoms with van der Waals surface area (Å²) in [6.45, 7) is 0.379. The van der Waals surface area contributed by atoms with E-state index in [9.17, 15) is 4.79 Å². The van der Waals surface area contributed by atoms with E-state index in [1.54, 1.807) is 30.6 Å². The van der Waals surface area contributed by atoms with Crippen molar-refractivity contribution in [3.05, 3.63) is 65.4 Å². The number of fused-ring (bicyclic) bond motifs is 2. The van der Waals surface area contributed by atoms with Crippen molar-refractivity contribution in [1.82, 2.24) is 4.98 Å². The number of aromatic nitrogens is 1. The molecule has 1 aromatic heterocycles. The molecule has 1 N–H and O–H groups in total. The molecule has 0 spiro atoms. The number of pyridine rings is 1. The SMILES string of the molecule is COC1(C(=O)Nc2cncc3ccccc23)CCOc2ccc(Cl)cc21. The van der Waals surface area contributed by atoms with E-state index in [0.29, 0.717) is 35.1 Å². The number of carbonyl (C=O) groups is 1. The second-order valence-corrected chi connectivity index (χ2v) is 6.57. The Morgan fingerprint density at radius 3 is 2.96 bits per heavy atom. The van der Waals surface area contributed by atoms with Crippen LogP contribution in [0.25, 0.3) is 10.8 Å². The van der Waals surface area contributed by atoms with Gasteiger partial charge in [-0.15, -0.1) is 0 Å². The Balaban J connectivity index is 1.76. The lowest BCUT2D eigenvalue weighted by atomic mass is 9.86. The van der Waals surface area contributed by atoms with Crippen LogP contribution in [0.5, 0.6) is 5.75 Å². The van der Waals surface area contributed by atoms with Gasteiger partial charge in [0.15, 0.2) is 5.60 Å². The summed E-state index contributed by atoms with van der Waals surface area (Å²) < 4.78 is 11.4. The molecule has 0 fully saturated rings. The van der Waals surface area contributed by atoms with Gasteiger partial charge in [-0.25, -0.2) is 0 Å². The minimum absolute atomic E-state index is 0.273. The lowest BCUT2D eigenvalue weighted by Gasteiger charge is -2.36. The number of methoxy groups -OCH3 is 1. The maximum atomic E-state index is 13.3. The van der Waals surface area contributed by atoms with Gasteiger partial charge in [0, 0.05) is 41.1 Å². The Kier molecular flexibility index (Phi) is 4.26. The maximum Gasteiger partial charge on any atom is 0.261 e. The van der Waals surface area contributed by atoms with Crippen LogP contribution in [0.1, 0.15) is 12.0 Å². The van der Waals surface area contributed by atoms with E-state index in [0.717, 1.165) is 10.8 Å². The molecule has 26 heavy (non-hydrogen) atoms. The van der Waals surface area contributed by atoms with Crippen LogP contribution in [0, 0.1) is 0 Å². The van der Waals surface area contributed by atoms with Crippen molar-refractivity contribution in [1.29, 1.82) is 0 Å². The van der Waals surface area contributed by atoms with Gasteiger partial charge in [-0.2, -0.15) is 0 Å². The van der Waals surface area contributed by atoms with Crippen LogP contribution < -0.4 is 10.1 Å². The number of ether oxygens (including phenoxy) is 2. The first-order valence-corrected chi connectivity index (χ1v) is 8.64. The molecule has 1 amide bonds. The second kappa shape index (κ2) is 6.59. The lowest BCUT2D eigenvalue weighted by molar-refractivity contribution is -0.142. The molecule has 0 saturated heterocycles. The van der Waals surface area contributed by atoms with E-state index in [1.807, 2.05) is 24.3 Å². The molecule has 1 aliphatic heterocycles. The van der Waals surface area contributed by atoms with Crippen LogP contribution in [0.2, 0.25) is 5.02 Å². The third kappa shape index (κ3) is 2.69. The van der Waals surface area contributed by atoms with Crippen molar-refractivity contribution in [2.45, 2.75) is 12.0 Å². The monoisotopic (exact) mass is 368 g/mol. The van der Waals surface area contributed by atoms with Crippen LogP contribution in [0.4, 0.5) is 5.69 Å². The fraction of sp³-hybridized carbons (Fsp3) is 0.200. The van der Waals surface area contributed by atoms with E-state index in [-0.39, 0.29) is 5.91 Å². The summed E-state index contributed by atoms with van der Waals surface area (Å²) in [5.41, 5.74) is 0.0964. The number of hydrogen-bond donors (Lipinski definition) is 1. The molecule has 6 heteroatoms. The number of hydrogen-bond acceptors (Lipinski definition) is 4. The van der Waals surface area contributed by atoms with Gasteiger partial charge < -0.3 is 14.8 Å². The van der Waals surface area contributed by atoms with Gasteiger partial charge in [-0.3, -0.25) is 9.78 Å². The highest BCUT2D eigenvalue weighted by atomic mass is 35.5. The zero-order valence-electron chi connectivity index (χ0n) is 14.2. The van der Waals surface area contributed by atoms with E-state index >= 15 is 0 Å². The van der Waals surface area contributed by atoms with Crippen molar-refractivity contribution in [3.63, 3.8) is 0 Å². The molecule has 0 radical (unpaired) electrons. The predicted molar refractivity (Wildman–Crippen MR) is 101 cm³/mol. The minimum Gasteiger partial charge on any atom is -0.493 e. The fourth-order valence-corrected chi connectivity index (χ4v) is 3.54. The van der Waals surface area contributed by atoms with Crippen LogP contribution in [-0.4, -0.2) is 24.6 Å². The van der Waals surface area contributed by atoms with Gasteiger partial charge in [0.05, 0.1) is 18.5 Å². The van der Waals surface area contributed by atoms with Crippen LogP contribution >= 0.6 is 11.6 Å². The highest BCUT2D eigenvalue weighted by molar-refractivity contribution is 6.30. The summed E-state index contributed by atoms with van der Waals surface area (Å²) in [4.78, 5) is 17.5. The van der Waals surface area contributed by atoms with Crippen molar-refractivity contribution in [2.75, 3.05) is 19.0 Å². The molecule has 2 heterocycles. The number of benzene rings is 2. The molecule has 0 saturated carbocycles. The summed E-state index contributed by atoms with van der Waals surface area (Å²) in [6.07, 6.45) is 3.79. The summed E-state index contributed by atoms with van der Waals surface area (Å²) in [6, 6.07) is 13.0. The number of anilines is 1. The first kappa shape index (κ1) is 16.8. The van der Waals surface area contributed by atoms with Gasteiger partial charge in [-0.05, 0) is 18.2 Å². The molecule has 2 aromatic carbocycles. The number of halogens is 1. The van der Waals surface area contributed by atoms with Crippen LogP contribution in [0.3, 0.4) is 0 Å². The van der Waals surface area contributed by atoms with Crippen molar-refractivity contribution >= 4 is 34.0 Å². The lowest BCUT2D eigenvalue weighted by Crippen LogP contribution is -2.45. The summed E-state index contributed by atoms with van der Waals surface area (Å²) in [5, 5.41) is 5.37. The highest BCUT2D eigenvalue weighted by Crippen LogP contribution is 2.42. The van der Waals surface area contributed by atoms with E-state index in [2.05, 4.69) is 10.3 Å². The zero-order chi connectivity index (χ0) is 18.1. The fourth-order valence-electron chi connectivity index (χ4n) is 3.36. The smallest absolute Gasteiger partial charge is 0.261 e. The largest absolute Gasteiger partial charge is 0.493 e. The molecule has 132 valence electrons. The third-order valence-electron chi connectivity index (χ3n) is 4.72. The van der Waals surface area contributed by atoms with Crippen molar-refractivity contribution in [2.24, 2.45) is 0 Å². The molecule has 0 aliphatic carbocycles. The average molecular weight is 369 g/mol. The Labute approximate surface area is 155 Å². The quantitative estimate of drug-likeness (QED) is 0.754. The highest BCUT2D eigenvalue weighted by Gasteiger charge is 2.45. The molecular formula is C20H17ClN2O3. The van der Waals surface area contributed by atoms with Gasteiger partial charge in [0.1, 0.15) is 5.75 Å². The summed E-state index contributed by atoms with van der Waals surface area (Å²) in [7, 11) is 1.52. The molecule has 1 unspecified atom stereocenters. The average Bonchev–Trinajstić information content (AvgIpc) is 2.67. The number of nitrogens with zero attached hydrogens (tertiary/aromatic N) is 1. The number of carbonyl (C=O) groups excluding carboxylic acids is 1. The standard InChI is InChI=1S/C20H17ClN2O3/c1-25-20(8-9-26-18-7-6-14(21)10-16(18)20)19(24)23-17-12-22-11-13-4-2-3-5-15(13)17/h2-7,10-12H,8-9H2,1H3,(H,23,24). The van der Waals surface area contributed by atoms with Gasteiger partial charge in [0.2, 0.25) is 0 Å². The van der Waals surface area contributed by atoms with Gasteiger partial charge in [0.25, 0.3) is 5.91 Å². The first-order chi connectivity index (χ1) is 12.6. The Morgan fingerprint density at radius 2 is 2.12 bits per heavy atom. The molecule has 3 aromatic rings. The minimum atomic E-state index is -1.17. The maximum absolute atomic E-state index is 13.3. The van der Waals surface area contributed by atoms with E-state index in [1.165, 1.54) is 7.11 Å². The number of rotatable bonds is 3. The normalized spacial score (nSPS) is 18.8. The molecule has 4 rings (SSSR count). The Morgan fingerprint density at radius 1 is 1.27 bits per heavy atom. The topological polar surface area (TPSA) is 60.5 Å². The van der Waals surface area contributed by atoms with Gasteiger partial charge in [-0.1, -0.05) is 35.9 Å². The molecule has 1 atom stereocenters. The van der Waals surface area contributed by atoms with Gasteiger partial charge >= 0.3 is 0 Å². The molecule has 5 nitrogen and oxygen atoms in total. The molecule has 0 bridgehead atoms. The second-order valence-electron chi connectivity index (χ2n) is 6.13. The van der Waals surface area contributed by atoms with Crippen LogP contribution in [0.15, 0.2) is 54.9 Å². The first-order valence-electron chi connectivity index (χ1n) is 8.26. The third-order valence-corrected chi connectivity index (χ3v) is 4.96. The van der Waals surface area contributed by atoms with Crippen molar-refractivity contribution < 1.29 is 14.3 Å². The van der Waals surface area contributed by atoms with E-state index in [4.69, 9.17) is 21.1 Å². The van der Waals surface area contributed by atoms with E-state index < -0.39 is 5.60 Å². The number of nitrogens with one attached hydrogen (secondary N) is 1. The summed E-state index contributed by atoms with van der Waals surface area (Å²) in [5.74, 6) is 0.332. The summed E-state index contributed by atoms with van der Waals surface area (Å²) >= 11 is 6.15. The zero-order valence-corrected chi connectivity index (χ0v) is 14.9. The number of amides is 1. The predicted octanol–water partition coefficient (Wildman–Crippen LogP) is 4.15. The van der Waals surface area contributed by atoms with Crippen molar-refractivity contribution in [3.8, 4) is 5.75 Å². The molecular weight excluding hydrogens is 352 g/mol. The Hall–Kier alpha value is -2.63. The van der Waals surface area contributed by atoms with Crippen LogP contribution in [-0.2, 0) is 15.1 Å². The molecule has 1 aliphatic rings.